The summed E-state index contributed by atoms with van der Waals surface area (Å²) in [4.78, 5) is 0.730. The maximum atomic E-state index is 13.3. The number of halogens is 2. The first kappa shape index (κ1) is 16.2. The number of nitrogen functional groups attached to an aromatic ring is 1. The monoisotopic (exact) mass is 348 g/mol. The molecule has 1 aromatic carbocycles. The summed E-state index contributed by atoms with van der Waals surface area (Å²) in [5.74, 6) is -0.736. The molecule has 0 aliphatic carbocycles. The highest BCUT2D eigenvalue weighted by atomic mass is 35.5. The van der Waals surface area contributed by atoms with Gasteiger partial charge in [0.25, 0.3) is 0 Å². The second-order valence-corrected chi connectivity index (χ2v) is 7.66. The quantitative estimate of drug-likeness (QED) is 0.843. The third-order valence-electron chi connectivity index (χ3n) is 2.93. The predicted molar refractivity (Wildman–Crippen MR) is 83.4 cm³/mol. The van der Waals surface area contributed by atoms with Gasteiger partial charge in [-0.05, 0) is 23.6 Å². The molecule has 0 unspecified atom stereocenters. The minimum atomic E-state index is -3.84. The Labute approximate surface area is 132 Å². The molecule has 2 rings (SSSR count). The van der Waals surface area contributed by atoms with E-state index in [2.05, 4.69) is 0 Å². The summed E-state index contributed by atoms with van der Waals surface area (Å²) in [5, 5.41) is 1.70. The van der Waals surface area contributed by atoms with Gasteiger partial charge in [0, 0.05) is 18.0 Å². The third kappa shape index (κ3) is 3.37. The zero-order chi connectivity index (χ0) is 15.6. The van der Waals surface area contributed by atoms with Crippen LogP contribution in [0.4, 0.5) is 10.1 Å². The van der Waals surface area contributed by atoms with E-state index in [1.54, 1.807) is 6.92 Å². The summed E-state index contributed by atoms with van der Waals surface area (Å²) >= 11 is 7.33. The average Bonchev–Trinajstić information content (AvgIpc) is 2.92. The lowest BCUT2D eigenvalue weighted by Crippen LogP contribution is -2.30. The van der Waals surface area contributed by atoms with Crippen molar-refractivity contribution in [3.05, 3.63) is 45.4 Å². The van der Waals surface area contributed by atoms with E-state index >= 15 is 0 Å². The Morgan fingerprint density at radius 2 is 2.14 bits per heavy atom. The van der Waals surface area contributed by atoms with Crippen LogP contribution < -0.4 is 5.73 Å². The first-order valence-electron chi connectivity index (χ1n) is 6.13. The molecule has 0 saturated carbocycles. The summed E-state index contributed by atoms with van der Waals surface area (Å²) < 4.78 is 39.9. The summed E-state index contributed by atoms with van der Waals surface area (Å²) in [6.45, 7) is 2.24. The molecule has 0 fully saturated rings. The van der Waals surface area contributed by atoms with Crippen LogP contribution in [-0.4, -0.2) is 19.3 Å². The first-order chi connectivity index (χ1) is 9.86. The summed E-state index contributed by atoms with van der Waals surface area (Å²) in [6, 6.07) is 5.68. The van der Waals surface area contributed by atoms with Gasteiger partial charge in [0.2, 0.25) is 10.0 Å². The SMILES string of the molecule is CCN(Cc1cccs1)S(=O)(=O)c1cc(N)c(F)cc1Cl. The molecule has 0 saturated heterocycles. The Morgan fingerprint density at radius 3 is 2.71 bits per heavy atom. The van der Waals surface area contributed by atoms with E-state index in [4.69, 9.17) is 17.3 Å². The van der Waals surface area contributed by atoms with Crippen molar-refractivity contribution in [2.45, 2.75) is 18.4 Å². The van der Waals surface area contributed by atoms with E-state index in [9.17, 15) is 12.8 Å². The van der Waals surface area contributed by atoms with Crippen LogP contribution in [0.3, 0.4) is 0 Å². The molecule has 0 aliphatic heterocycles. The number of nitrogens with zero attached hydrogens (tertiary/aromatic N) is 1. The first-order valence-corrected chi connectivity index (χ1v) is 8.83. The van der Waals surface area contributed by atoms with Crippen molar-refractivity contribution in [3.8, 4) is 0 Å². The molecule has 0 spiro atoms. The molecule has 0 atom stereocenters. The molecular formula is C13H14ClFN2O2S2. The van der Waals surface area contributed by atoms with Crippen LogP contribution in [0.2, 0.25) is 5.02 Å². The molecule has 0 bridgehead atoms. The van der Waals surface area contributed by atoms with Gasteiger partial charge in [-0.15, -0.1) is 11.3 Å². The molecule has 114 valence electrons. The molecule has 0 amide bonds. The topological polar surface area (TPSA) is 63.4 Å². The second-order valence-electron chi connectivity index (χ2n) is 4.31. The molecule has 0 radical (unpaired) electrons. The standard InChI is InChI=1S/C13H14ClFN2O2S2/c1-2-17(8-9-4-3-5-20-9)21(18,19)13-7-12(16)11(15)6-10(13)14/h3-7H,2,8,16H2,1H3. The van der Waals surface area contributed by atoms with Gasteiger partial charge in [-0.1, -0.05) is 24.6 Å². The lowest BCUT2D eigenvalue weighted by molar-refractivity contribution is 0.426. The fourth-order valence-corrected chi connectivity index (χ4v) is 4.58. The lowest BCUT2D eigenvalue weighted by atomic mass is 10.3. The molecule has 1 heterocycles. The molecule has 2 N–H and O–H groups in total. The molecule has 0 aliphatic rings. The van der Waals surface area contributed by atoms with Gasteiger partial charge in [-0.25, -0.2) is 12.8 Å². The molecular weight excluding hydrogens is 335 g/mol. The Balaban J connectivity index is 2.42. The fourth-order valence-electron chi connectivity index (χ4n) is 1.82. The van der Waals surface area contributed by atoms with Crippen LogP contribution in [0.25, 0.3) is 0 Å². The number of nitrogens with two attached hydrogens (primary N) is 1. The Morgan fingerprint density at radius 1 is 1.43 bits per heavy atom. The van der Waals surface area contributed by atoms with Gasteiger partial charge >= 0.3 is 0 Å². The van der Waals surface area contributed by atoms with Crippen molar-refractivity contribution in [1.29, 1.82) is 0 Å². The number of rotatable bonds is 5. The molecule has 2 aromatic rings. The van der Waals surface area contributed by atoms with E-state index in [-0.39, 0.29) is 28.7 Å². The van der Waals surface area contributed by atoms with Gasteiger partial charge in [0.1, 0.15) is 10.7 Å². The molecule has 8 heteroatoms. The Bertz CT molecular complexity index is 733. The minimum Gasteiger partial charge on any atom is -0.396 e. The van der Waals surface area contributed by atoms with Gasteiger partial charge in [0.15, 0.2) is 0 Å². The number of hydrogen-bond acceptors (Lipinski definition) is 4. The highest BCUT2D eigenvalue weighted by Crippen LogP contribution is 2.29. The normalized spacial score (nSPS) is 12.0. The number of anilines is 1. The van der Waals surface area contributed by atoms with Crippen LogP contribution in [0.15, 0.2) is 34.5 Å². The van der Waals surface area contributed by atoms with Gasteiger partial charge < -0.3 is 5.73 Å². The Hall–Kier alpha value is -1.15. The van der Waals surface area contributed by atoms with Gasteiger partial charge in [0.05, 0.1) is 10.7 Å². The van der Waals surface area contributed by atoms with Crippen molar-refractivity contribution >= 4 is 38.6 Å². The van der Waals surface area contributed by atoms with Crippen LogP contribution in [0, 0.1) is 5.82 Å². The number of hydrogen-bond donors (Lipinski definition) is 1. The maximum absolute atomic E-state index is 13.3. The third-order valence-corrected chi connectivity index (χ3v) is 6.18. The second kappa shape index (κ2) is 6.31. The van der Waals surface area contributed by atoms with E-state index in [1.807, 2.05) is 17.5 Å². The molecule has 21 heavy (non-hydrogen) atoms. The smallest absolute Gasteiger partial charge is 0.244 e. The van der Waals surface area contributed by atoms with Crippen molar-refractivity contribution in [1.82, 2.24) is 4.31 Å². The van der Waals surface area contributed by atoms with Crippen LogP contribution in [-0.2, 0) is 16.6 Å². The van der Waals surface area contributed by atoms with Gasteiger partial charge in [-0.2, -0.15) is 4.31 Å². The zero-order valence-electron chi connectivity index (χ0n) is 11.2. The highest BCUT2D eigenvalue weighted by molar-refractivity contribution is 7.89. The van der Waals surface area contributed by atoms with Crippen molar-refractivity contribution in [2.75, 3.05) is 12.3 Å². The summed E-state index contributed by atoms with van der Waals surface area (Å²) in [5.41, 5.74) is 5.20. The van der Waals surface area contributed by atoms with E-state index in [0.29, 0.717) is 0 Å². The van der Waals surface area contributed by atoms with Crippen LogP contribution in [0.1, 0.15) is 11.8 Å². The van der Waals surface area contributed by atoms with Crippen molar-refractivity contribution in [3.63, 3.8) is 0 Å². The number of benzene rings is 1. The van der Waals surface area contributed by atoms with Crippen LogP contribution in [0.5, 0.6) is 0 Å². The highest BCUT2D eigenvalue weighted by Gasteiger charge is 2.27. The van der Waals surface area contributed by atoms with E-state index < -0.39 is 15.8 Å². The lowest BCUT2D eigenvalue weighted by Gasteiger charge is -2.20. The summed E-state index contributed by atoms with van der Waals surface area (Å²) in [7, 11) is -3.84. The number of sulfonamides is 1. The predicted octanol–water partition coefficient (Wildman–Crippen LogP) is 3.33. The average molecular weight is 349 g/mol. The van der Waals surface area contributed by atoms with Crippen LogP contribution >= 0.6 is 22.9 Å². The largest absolute Gasteiger partial charge is 0.396 e. The minimum absolute atomic E-state index is 0.175. The van der Waals surface area contributed by atoms with E-state index in [1.165, 1.54) is 15.6 Å². The summed E-state index contributed by atoms with van der Waals surface area (Å²) in [6.07, 6.45) is 0. The Kier molecular flexibility index (Phi) is 4.88. The zero-order valence-corrected chi connectivity index (χ0v) is 13.6. The van der Waals surface area contributed by atoms with Crippen molar-refractivity contribution in [2.24, 2.45) is 0 Å². The van der Waals surface area contributed by atoms with Crippen molar-refractivity contribution < 1.29 is 12.8 Å². The maximum Gasteiger partial charge on any atom is 0.244 e. The molecule has 4 nitrogen and oxygen atoms in total. The molecule has 1 aromatic heterocycles. The van der Waals surface area contributed by atoms with E-state index in [0.717, 1.165) is 17.0 Å². The number of thiophene rings is 1. The fraction of sp³-hybridized carbons (Fsp3) is 0.231. The van der Waals surface area contributed by atoms with Gasteiger partial charge in [-0.3, -0.25) is 0 Å².